The molecule has 5 atom stereocenters. The summed E-state index contributed by atoms with van der Waals surface area (Å²) < 4.78 is 0. The molecule has 0 amide bonds. The summed E-state index contributed by atoms with van der Waals surface area (Å²) in [6.07, 6.45) is 34.8. The molecule has 5 fully saturated rings. The fourth-order valence-corrected chi connectivity index (χ4v) is 13.1. The van der Waals surface area contributed by atoms with Crippen LogP contribution < -0.4 is 0 Å². The average molecular weight is 539 g/mol. The van der Waals surface area contributed by atoms with Gasteiger partial charge in [-0.3, -0.25) is 0 Å². The molecule has 0 heterocycles. The molecule has 39 heavy (non-hydrogen) atoms. The Balaban J connectivity index is 1.49. The lowest BCUT2D eigenvalue weighted by atomic mass is 9.43. The van der Waals surface area contributed by atoms with Crippen LogP contribution in [-0.4, -0.2) is 0 Å². The van der Waals surface area contributed by atoms with E-state index in [1.54, 1.807) is 6.42 Å². The Bertz CT molecular complexity index is 757. The van der Waals surface area contributed by atoms with Crippen molar-refractivity contribution in [1.82, 2.24) is 0 Å². The van der Waals surface area contributed by atoms with Gasteiger partial charge >= 0.3 is 0 Å². The predicted molar refractivity (Wildman–Crippen MR) is 171 cm³/mol. The van der Waals surface area contributed by atoms with Gasteiger partial charge in [-0.05, 0) is 128 Å². The molecule has 226 valence electrons. The van der Waals surface area contributed by atoms with Gasteiger partial charge in [0.25, 0.3) is 0 Å². The fraction of sp³-hybridized carbons (Fsp3) is 1.00. The molecule has 0 nitrogen and oxygen atoms in total. The molecule has 5 saturated carbocycles. The van der Waals surface area contributed by atoms with Crippen LogP contribution in [0.25, 0.3) is 0 Å². The second-order valence-electron chi connectivity index (χ2n) is 18.1. The molecule has 0 spiro atoms. The van der Waals surface area contributed by atoms with Crippen LogP contribution in [0.2, 0.25) is 0 Å². The molecule has 0 saturated heterocycles. The van der Waals surface area contributed by atoms with E-state index in [0.29, 0.717) is 21.7 Å². The van der Waals surface area contributed by atoms with Crippen LogP contribution >= 0.6 is 0 Å². The molecule has 0 heteroatoms. The Morgan fingerprint density at radius 3 is 1.56 bits per heavy atom. The SMILES string of the molecule is CC(C)(CC(C)(CC(C)(C1CCCCC1)C1CCC2CCCCC2C1(C)C)C1CCCCC1)C1CCCCC1. The number of fused-ring (bicyclic) bond motifs is 1. The lowest BCUT2D eigenvalue weighted by Gasteiger charge is -2.62. The monoisotopic (exact) mass is 539 g/mol. The van der Waals surface area contributed by atoms with Gasteiger partial charge in [0.05, 0.1) is 0 Å². The highest BCUT2D eigenvalue weighted by Crippen LogP contribution is 2.65. The van der Waals surface area contributed by atoms with Crippen LogP contribution in [-0.2, 0) is 0 Å². The van der Waals surface area contributed by atoms with E-state index < -0.39 is 0 Å². The van der Waals surface area contributed by atoms with Crippen molar-refractivity contribution in [3.05, 3.63) is 0 Å². The third-order valence-electron chi connectivity index (χ3n) is 14.9. The molecule has 0 radical (unpaired) electrons. The first-order valence-electron chi connectivity index (χ1n) is 18.6. The zero-order valence-electron chi connectivity index (χ0n) is 27.7. The maximum atomic E-state index is 2.91. The summed E-state index contributed by atoms with van der Waals surface area (Å²) in [5, 5.41) is 0. The summed E-state index contributed by atoms with van der Waals surface area (Å²) in [4.78, 5) is 0. The highest BCUT2D eigenvalue weighted by molar-refractivity contribution is 5.06. The van der Waals surface area contributed by atoms with Crippen LogP contribution in [0.4, 0.5) is 0 Å². The maximum absolute atomic E-state index is 2.91. The normalized spacial score (nSPS) is 35.1. The summed E-state index contributed by atoms with van der Waals surface area (Å²) in [6, 6.07) is 0. The Morgan fingerprint density at radius 1 is 0.487 bits per heavy atom. The van der Waals surface area contributed by atoms with E-state index in [-0.39, 0.29) is 0 Å². The van der Waals surface area contributed by atoms with E-state index in [9.17, 15) is 0 Å². The fourth-order valence-electron chi connectivity index (χ4n) is 13.1. The molecule has 0 N–H and O–H groups in total. The average Bonchev–Trinajstić information content (AvgIpc) is 2.94. The molecular weight excluding hydrogens is 468 g/mol. The lowest BCUT2D eigenvalue weighted by molar-refractivity contribution is -0.126. The quantitative estimate of drug-likeness (QED) is 0.288. The summed E-state index contributed by atoms with van der Waals surface area (Å²) >= 11 is 0. The van der Waals surface area contributed by atoms with Gasteiger partial charge in [-0.2, -0.15) is 0 Å². The van der Waals surface area contributed by atoms with Gasteiger partial charge in [-0.1, -0.05) is 119 Å². The van der Waals surface area contributed by atoms with Crippen molar-refractivity contribution in [2.45, 2.75) is 189 Å². The van der Waals surface area contributed by atoms with Gasteiger partial charge in [0, 0.05) is 0 Å². The highest BCUT2D eigenvalue weighted by atomic mass is 14.6. The molecule has 5 aliphatic rings. The smallest absolute Gasteiger partial charge is 0.0259 e. The van der Waals surface area contributed by atoms with E-state index in [0.717, 1.165) is 35.5 Å². The maximum Gasteiger partial charge on any atom is -0.0259 e. The molecule has 0 aromatic heterocycles. The largest absolute Gasteiger partial charge is 0.0596 e. The Labute approximate surface area is 246 Å². The van der Waals surface area contributed by atoms with Crippen molar-refractivity contribution >= 4 is 0 Å². The van der Waals surface area contributed by atoms with Crippen LogP contribution in [0.15, 0.2) is 0 Å². The van der Waals surface area contributed by atoms with Crippen LogP contribution in [0.1, 0.15) is 189 Å². The minimum absolute atomic E-state index is 0.497. The van der Waals surface area contributed by atoms with E-state index in [1.807, 2.05) is 0 Å². The number of hydrogen-bond donors (Lipinski definition) is 0. The van der Waals surface area contributed by atoms with Crippen molar-refractivity contribution in [3.63, 3.8) is 0 Å². The van der Waals surface area contributed by atoms with Crippen molar-refractivity contribution in [1.29, 1.82) is 0 Å². The van der Waals surface area contributed by atoms with Crippen molar-refractivity contribution in [3.8, 4) is 0 Å². The molecule has 5 unspecified atom stereocenters. The first kappa shape index (κ1) is 30.5. The Hall–Kier alpha value is 0. The highest BCUT2D eigenvalue weighted by Gasteiger charge is 2.57. The predicted octanol–water partition coefficient (Wildman–Crippen LogP) is 12.8. The molecule has 0 aliphatic heterocycles. The molecular formula is C39H70. The molecule has 0 bridgehead atoms. The van der Waals surface area contributed by atoms with Crippen molar-refractivity contribution in [2.24, 2.45) is 57.2 Å². The van der Waals surface area contributed by atoms with Crippen LogP contribution in [0, 0.1) is 57.2 Å². The lowest BCUT2D eigenvalue weighted by Crippen LogP contribution is -2.54. The first-order chi connectivity index (χ1) is 18.6. The molecule has 5 rings (SSSR count). The second-order valence-corrected chi connectivity index (χ2v) is 18.1. The van der Waals surface area contributed by atoms with Gasteiger partial charge in [-0.15, -0.1) is 0 Å². The van der Waals surface area contributed by atoms with E-state index >= 15 is 0 Å². The number of hydrogen-bond acceptors (Lipinski definition) is 0. The van der Waals surface area contributed by atoms with Gasteiger partial charge in [0.1, 0.15) is 0 Å². The summed E-state index contributed by atoms with van der Waals surface area (Å²) in [6.45, 7) is 16.8. The zero-order valence-corrected chi connectivity index (χ0v) is 27.7. The van der Waals surface area contributed by atoms with Gasteiger partial charge in [-0.25, -0.2) is 0 Å². The Morgan fingerprint density at radius 2 is 0.974 bits per heavy atom. The van der Waals surface area contributed by atoms with Crippen LogP contribution in [0.5, 0.6) is 0 Å². The summed E-state index contributed by atoms with van der Waals surface area (Å²) in [7, 11) is 0. The van der Waals surface area contributed by atoms with E-state index in [4.69, 9.17) is 0 Å². The topological polar surface area (TPSA) is 0 Å². The molecule has 5 aliphatic carbocycles. The molecule has 0 aromatic rings. The Kier molecular flexibility index (Phi) is 9.62. The van der Waals surface area contributed by atoms with Crippen molar-refractivity contribution < 1.29 is 0 Å². The van der Waals surface area contributed by atoms with Gasteiger partial charge in [0.2, 0.25) is 0 Å². The summed E-state index contributed by atoms with van der Waals surface area (Å²) in [5.41, 5.74) is 2.03. The van der Waals surface area contributed by atoms with Crippen molar-refractivity contribution in [2.75, 3.05) is 0 Å². The zero-order chi connectivity index (χ0) is 27.7. The standard InChI is InChI=1S/C39H70/c1-36(2,31-19-10-7-11-20-31)28-38(5,32-21-12-8-13-22-32)29-39(6,33-23-14-9-15-24-33)35-27-26-30-18-16-17-25-34(30)37(35,3)4/h30-35H,7-29H2,1-6H3. The van der Waals surface area contributed by atoms with Crippen LogP contribution in [0.3, 0.4) is 0 Å². The second kappa shape index (κ2) is 12.3. The minimum atomic E-state index is 0.497. The third-order valence-corrected chi connectivity index (χ3v) is 14.9. The van der Waals surface area contributed by atoms with Gasteiger partial charge in [0.15, 0.2) is 0 Å². The summed E-state index contributed by atoms with van der Waals surface area (Å²) in [5.74, 6) is 5.85. The van der Waals surface area contributed by atoms with E-state index in [2.05, 4.69) is 41.5 Å². The van der Waals surface area contributed by atoms with Gasteiger partial charge < -0.3 is 0 Å². The third kappa shape index (κ3) is 6.36. The molecule has 0 aromatic carbocycles. The first-order valence-corrected chi connectivity index (χ1v) is 18.6. The minimum Gasteiger partial charge on any atom is -0.0596 e. The number of rotatable bonds is 8. The van der Waals surface area contributed by atoms with E-state index in [1.165, 1.54) is 141 Å².